The van der Waals surface area contributed by atoms with Gasteiger partial charge in [0.05, 0.1) is 11.4 Å². The van der Waals surface area contributed by atoms with Crippen LogP contribution in [0.1, 0.15) is 5.56 Å². The second-order valence-electron chi connectivity index (χ2n) is 4.64. The highest BCUT2D eigenvalue weighted by atomic mass is 79.9. The molecule has 2 aliphatic heterocycles. The number of aliphatic imine (C=N–C) groups is 1. The molecule has 1 N–H and O–H groups in total. The molecule has 0 aromatic heterocycles. The van der Waals surface area contributed by atoms with Crippen molar-refractivity contribution in [2.24, 2.45) is 4.99 Å². The van der Waals surface area contributed by atoms with E-state index in [1.54, 1.807) is 18.2 Å². The van der Waals surface area contributed by atoms with E-state index in [4.69, 9.17) is 9.47 Å². The van der Waals surface area contributed by atoms with Crippen molar-refractivity contribution in [1.82, 2.24) is 0 Å². The van der Waals surface area contributed by atoms with Gasteiger partial charge in [0.15, 0.2) is 11.5 Å². The number of carbonyl (C=O) groups is 1. The summed E-state index contributed by atoms with van der Waals surface area (Å²) in [7, 11) is 0. The number of carbonyl (C=O) groups excluding carboxylic acids is 1. The van der Waals surface area contributed by atoms with Crippen molar-refractivity contribution in [1.29, 1.82) is 0 Å². The van der Waals surface area contributed by atoms with Gasteiger partial charge in [-0.25, -0.2) is 4.99 Å². The Bertz CT molecular complexity index is 802. The van der Waals surface area contributed by atoms with Crippen molar-refractivity contribution in [3.8, 4) is 11.5 Å². The summed E-state index contributed by atoms with van der Waals surface area (Å²) in [6.07, 6.45) is 0. The number of fused-ring (bicyclic) bond motifs is 2. The van der Waals surface area contributed by atoms with Crippen LogP contribution in [0.25, 0.3) is 0 Å². The number of nitrogens with one attached hydrogen (secondary N) is 1. The summed E-state index contributed by atoms with van der Waals surface area (Å²) in [5.41, 5.74) is 2.59. The van der Waals surface area contributed by atoms with Crippen LogP contribution in [0.3, 0.4) is 0 Å². The van der Waals surface area contributed by atoms with Gasteiger partial charge in [-0.3, -0.25) is 4.79 Å². The molecular formula is C15H9BrN2O3. The molecule has 5 nitrogen and oxygen atoms in total. The van der Waals surface area contributed by atoms with Crippen molar-refractivity contribution in [2.45, 2.75) is 0 Å². The summed E-state index contributed by atoms with van der Waals surface area (Å²) in [4.78, 5) is 16.5. The molecule has 6 heteroatoms. The van der Waals surface area contributed by atoms with Crippen LogP contribution in [-0.2, 0) is 4.79 Å². The highest BCUT2D eigenvalue weighted by molar-refractivity contribution is 9.10. The minimum atomic E-state index is -0.208. The first-order chi connectivity index (χ1) is 10.2. The zero-order valence-electron chi connectivity index (χ0n) is 10.7. The standard InChI is InChI=1S/C15H9BrN2O3/c16-8-1-3-11-10(5-8)14(15(19)18-11)17-9-2-4-12-13(6-9)21-7-20-12/h1-6H,7H2,(H,17,18,19). The molecule has 1 amide bonds. The summed E-state index contributed by atoms with van der Waals surface area (Å²) in [6, 6.07) is 10.9. The second kappa shape index (κ2) is 4.60. The van der Waals surface area contributed by atoms with E-state index in [1.807, 2.05) is 18.2 Å². The van der Waals surface area contributed by atoms with E-state index in [-0.39, 0.29) is 12.7 Å². The smallest absolute Gasteiger partial charge is 0.275 e. The number of rotatable bonds is 1. The Labute approximate surface area is 128 Å². The van der Waals surface area contributed by atoms with Crippen molar-refractivity contribution < 1.29 is 14.3 Å². The van der Waals surface area contributed by atoms with Gasteiger partial charge in [0.25, 0.3) is 5.91 Å². The maximum absolute atomic E-state index is 12.1. The molecule has 0 radical (unpaired) electrons. The minimum absolute atomic E-state index is 0.208. The van der Waals surface area contributed by atoms with Gasteiger partial charge in [-0.15, -0.1) is 0 Å². The minimum Gasteiger partial charge on any atom is -0.454 e. The fraction of sp³-hybridized carbons (Fsp3) is 0.0667. The second-order valence-corrected chi connectivity index (χ2v) is 5.56. The normalized spacial score (nSPS) is 17.0. The molecule has 21 heavy (non-hydrogen) atoms. The van der Waals surface area contributed by atoms with E-state index in [0.29, 0.717) is 22.9 Å². The van der Waals surface area contributed by atoms with Gasteiger partial charge in [-0.05, 0) is 30.3 Å². The highest BCUT2D eigenvalue weighted by Crippen LogP contribution is 2.36. The molecule has 0 atom stereocenters. The van der Waals surface area contributed by atoms with Gasteiger partial charge >= 0.3 is 0 Å². The van der Waals surface area contributed by atoms with Crippen LogP contribution in [0.2, 0.25) is 0 Å². The molecule has 0 fully saturated rings. The summed E-state index contributed by atoms with van der Waals surface area (Å²) < 4.78 is 11.5. The van der Waals surface area contributed by atoms with E-state index in [9.17, 15) is 4.79 Å². The molecular weight excluding hydrogens is 336 g/mol. The predicted octanol–water partition coefficient (Wildman–Crippen LogP) is 3.25. The van der Waals surface area contributed by atoms with E-state index in [0.717, 1.165) is 15.7 Å². The first-order valence-electron chi connectivity index (χ1n) is 6.30. The first kappa shape index (κ1) is 12.4. The molecule has 104 valence electrons. The van der Waals surface area contributed by atoms with Gasteiger partial charge in [0.1, 0.15) is 5.71 Å². The van der Waals surface area contributed by atoms with Crippen LogP contribution in [0.15, 0.2) is 45.9 Å². The van der Waals surface area contributed by atoms with Gasteiger partial charge in [-0.2, -0.15) is 0 Å². The number of hydrogen-bond donors (Lipinski definition) is 1. The largest absolute Gasteiger partial charge is 0.454 e. The van der Waals surface area contributed by atoms with Crippen molar-refractivity contribution in [2.75, 3.05) is 12.1 Å². The third-order valence-corrected chi connectivity index (χ3v) is 3.79. The first-order valence-corrected chi connectivity index (χ1v) is 7.09. The predicted molar refractivity (Wildman–Crippen MR) is 81.5 cm³/mol. The Morgan fingerprint density at radius 1 is 1.10 bits per heavy atom. The van der Waals surface area contributed by atoms with Crippen molar-refractivity contribution in [3.05, 3.63) is 46.4 Å². The van der Waals surface area contributed by atoms with Gasteiger partial charge in [0.2, 0.25) is 6.79 Å². The lowest BCUT2D eigenvalue weighted by Gasteiger charge is -2.00. The van der Waals surface area contributed by atoms with Crippen LogP contribution in [0.5, 0.6) is 11.5 Å². The zero-order valence-corrected chi connectivity index (χ0v) is 12.3. The summed E-state index contributed by atoms with van der Waals surface area (Å²) >= 11 is 3.41. The quantitative estimate of drug-likeness (QED) is 0.863. The number of amides is 1. The van der Waals surface area contributed by atoms with Crippen LogP contribution >= 0.6 is 15.9 Å². The van der Waals surface area contributed by atoms with Gasteiger partial charge in [-0.1, -0.05) is 15.9 Å². The zero-order chi connectivity index (χ0) is 14.4. The Hall–Kier alpha value is -2.34. The summed E-state index contributed by atoms with van der Waals surface area (Å²) in [6.45, 7) is 0.214. The fourth-order valence-corrected chi connectivity index (χ4v) is 2.68. The maximum atomic E-state index is 12.1. The SMILES string of the molecule is O=C1Nc2ccc(Br)cc2C1=Nc1ccc2c(c1)OCO2. The van der Waals surface area contributed by atoms with Crippen LogP contribution < -0.4 is 14.8 Å². The molecule has 0 spiro atoms. The van der Waals surface area contributed by atoms with Crippen molar-refractivity contribution in [3.63, 3.8) is 0 Å². The Morgan fingerprint density at radius 3 is 2.86 bits per heavy atom. The van der Waals surface area contributed by atoms with E-state index in [2.05, 4.69) is 26.2 Å². The average molecular weight is 345 g/mol. The summed E-state index contributed by atoms with van der Waals surface area (Å²) in [5, 5.41) is 2.80. The molecule has 0 aliphatic carbocycles. The molecule has 4 rings (SSSR count). The van der Waals surface area contributed by atoms with Gasteiger partial charge in [0, 0.05) is 16.1 Å². The van der Waals surface area contributed by atoms with Gasteiger partial charge < -0.3 is 14.8 Å². The number of benzene rings is 2. The molecule has 2 aromatic rings. The maximum Gasteiger partial charge on any atom is 0.275 e. The molecule has 2 heterocycles. The summed E-state index contributed by atoms with van der Waals surface area (Å²) in [5.74, 6) is 1.13. The monoisotopic (exact) mass is 344 g/mol. The van der Waals surface area contributed by atoms with Crippen LogP contribution in [0.4, 0.5) is 11.4 Å². The van der Waals surface area contributed by atoms with E-state index in [1.165, 1.54) is 0 Å². The lowest BCUT2D eigenvalue weighted by molar-refractivity contribution is -0.110. The van der Waals surface area contributed by atoms with E-state index >= 15 is 0 Å². The van der Waals surface area contributed by atoms with Crippen LogP contribution in [-0.4, -0.2) is 18.4 Å². The molecule has 0 bridgehead atoms. The number of nitrogens with zero attached hydrogens (tertiary/aromatic N) is 1. The molecule has 0 saturated carbocycles. The van der Waals surface area contributed by atoms with Crippen molar-refractivity contribution >= 4 is 38.9 Å². The Balaban J connectivity index is 1.80. The number of halogens is 1. The topological polar surface area (TPSA) is 59.9 Å². The molecule has 0 unspecified atom stereocenters. The number of hydrogen-bond acceptors (Lipinski definition) is 4. The fourth-order valence-electron chi connectivity index (χ4n) is 2.32. The number of ether oxygens (including phenoxy) is 2. The molecule has 2 aliphatic rings. The lowest BCUT2D eigenvalue weighted by atomic mass is 10.1. The Kier molecular flexibility index (Phi) is 2.71. The average Bonchev–Trinajstić information content (AvgIpc) is 3.04. The lowest BCUT2D eigenvalue weighted by Crippen LogP contribution is -2.13. The molecule has 0 saturated heterocycles. The Morgan fingerprint density at radius 2 is 1.95 bits per heavy atom. The third kappa shape index (κ3) is 2.08. The third-order valence-electron chi connectivity index (χ3n) is 3.30. The van der Waals surface area contributed by atoms with E-state index < -0.39 is 0 Å². The number of anilines is 1. The van der Waals surface area contributed by atoms with Crippen LogP contribution in [0, 0.1) is 0 Å². The molecule has 2 aromatic carbocycles. The highest BCUT2D eigenvalue weighted by Gasteiger charge is 2.26.